The van der Waals surface area contributed by atoms with E-state index in [0.29, 0.717) is 42.3 Å². The first-order chi connectivity index (χ1) is 18.4. The number of rotatable bonds is 3. The van der Waals surface area contributed by atoms with Gasteiger partial charge < -0.3 is 29.6 Å². The molecule has 0 radical (unpaired) electrons. The summed E-state index contributed by atoms with van der Waals surface area (Å²) < 4.78 is 10.6. The smallest absolute Gasteiger partial charge is 0.417 e. The first kappa shape index (κ1) is 26.3. The van der Waals surface area contributed by atoms with Crippen molar-refractivity contribution in [2.24, 2.45) is 10.7 Å². The number of oxazole rings is 1. The Balaban J connectivity index is 1.27. The van der Waals surface area contributed by atoms with Crippen molar-refractivity contribution in [2.45, 2.75) is 51.9 Å². The van der Waals surface area contributed by atoms with Gasteiger partial charge in [-0.25, -0.2) is 19.6 Å². The van der Waals surface area contributed by atoms with Crippen molar-refractivity contribution >= 4 is 34.7 Å². The van der Waals surface area contributed by atoms with E-state index in [1.54, 1.807) is 35.5 Å². The number of fused-ring (bicyclic) bond motifs is 1. The van der Waals surface area contributed by atoms with Crippen LogP contribution in [0.4, 0.5) is 16.3 Å². The molecule has 2 aromatic heterocycles. The molecule has 1 aromatic carbocycles. The second-order valence-corrected chi connectivity index (χ2v) is 10.9. The van der Waals surface area contributed by atoms with E-state index in [9.17, 15) is 9.59 Å². The van der Waals surface area contributed by atoms with Crippen molar-refractivity contribution in [3.8, 4) is 0 Å². The number of amides is 1. The third-order valence-electron chi connectivity index (χ3n) is 6.76. The molecule has 206 valence electrons. The molecule has 0 bridgehead atoms. The highest BCUT2D eigenvalue weighted by Crippen LogP contribution is 2.31. The van der Waals surface area contributed by atoms with Gasteiger partial charge in [-0.1, -0.05) is 6.07 Å². The number of piperazine rings is 1. The standard InChI is InChI=1S/C27H34N8O4/c1-16-13-30-23(33-27(16,28)18-6-8-21-20(12-18)32-24(36)38-21)31-19-7-9-22(29-14-19)34-10-11-35(17(2)15-34)25(37)39-26(3,4)5/h6-9,12-14,17H,10-11,15,28H2,1-5H3,(H,32,36)(H2,30,31,33). The molecular formula is C27H34N8O4. The Kier molecular flexibility index (Phi) is 6.59. The number of H-pyrrole nitrogens is 1. The molecule has 1 fully saturated rings. The molecule has 5 N–H and O–H groups in total. The summed E-state index contributed by atoms with van der Waals surface area (Å²) in [7, 11) is 0. The number of aromatic nitrogens is 2. The topological polar surface area (TPSA) is 154 Å². The van der Waals surface area contributed by atoms with E-state index in [4.69, 9.17) is 19.9 Å². The Hall–Kier alpha value is -4.32. The number of hydrogen-bond donors (Lipinski definition) is 4. The van der Waals surface area contributed by atoms with E-state index in [2.05, 4.69) is 25.5 Å². The summed E-state index contributed by atoms with van der Waals surface area (Å²) in [5.41, 5.74) is 8.32. The second kappa shape index (κ2) is 9.77. The lowest BCUT2D eigenvalue weighted by Gasteiger charge is -2.40. The zero-order chi connectivity index (χ0) is 27.9. The minimum Gasteiger partial charge on any atom is -0.444 e. The molecule has 1 saturated heterocycles. The number of guanidine groups is 1. The van der Waals surface area contributed by atoms with Crippen molar-refractivity contribution in [3.63, 3.8) is 0 Å². The Bertz CT molecular complexity index is 1500. The maximum absolute atomic E-state index is 12.5. The average molecular weight is 535 g/mol. The predicted octanol–water partition coefficient (Wildman–Crippen LogP) is 3.05. The highest BCUT2D eigenvalue weighted by atomic mass is 16.6. The predicted molar refractivity (Wildman–Crippen MR) is 150 cm³/mol. The third-order valence-corrected chi connectivity index (χ3v) is 6.76. The number of nitrogens with zero attached hydrogens (tertiary/aromatic N) is 4. The molecule has 5 rings (SSSR count). The minimum absolute atomic E-state index is 0.0131. The van der Waals surface area contributed by atoms with Gasteiger partial charge in [-0.15, -0.1) is 0 Å². The SMILES string of the molecule is CC1=CNC(Nc2ccc(N3CCN(C(=O)OC(C)(C)C)C(C)C3)nc2)=NC1(N)c1ccc2oc(=O)[nH]c2c1. The van der Waals surface area contributed by atoms with Gasteiger partial charge in [0.1, 0.15) is 11.4 Å². The molecule has 2 aliphatic heterocycles. The number of carbonyl (C=O) groups excluding carboxylic acids is 1. The summed E-state index contributed by atoms with van der Waals surface area (Å²) in [6, 6.07) is 9.10. The normalized spacial score (nSPS) is 21.7. The van der Waals surface area contributed by atoms with Crippen LogP contribution in [-0.4, -0.2) is 58.2 Å². The quantitative estimate of drug-likeness (QED) is 0.397. The summed E-state index contributed by atoms with van der Waals surface area (Å²) >= 11 is 0. The van der Waals surface area contributed by atoms with Crippen molar-refractivity contribution in [1.29, 1.82) is 0 Å². The third kappa shape index (κ3) is 5.46. The number of ether oxygens (including phenoxy) is 1. The number of aliphatic imine (C=N–C) groups is 1. The monoisotopic (exact) mass is 534 g/mol. The van der Waals surface area contributed by atoms with Crippen molar-refractivity contribution in [2.75, 3.05) is 29.9 Å². The van der Waals surface area contributed by atoms with Gasteiger partial charge in [0.05, 0.1) is 17.4 Å². The fourth-order valence-corrected chi connectivity index (χ4v) is 4.67. The first-order valence-corrected chi connectivity index (χ1v) is 12.8. The lowest BCUT2D eigenvalue weighted by atomic mass is 9.93. The number of carbonyl (C=O) groups is 1. The zero-order valence-electron chi connectivity index (χ0n) is 22.7. The van der Waals surface area contributed by atoms with Crippen molar-refractivity contribution < 1.29 is 13.9 Å². The molecular weight excluding hydrogens is 500 g/mol. The molecule has 12 heteroatoms. The summed E-state index contributed by atoms with van der Waals surface area (Å²) in [6.45, 7) is 11.4. The summed E-state index contributed by atoms with van der Waals surface area (Å²) in [6.07, 6.45) is 3.24. The molecule has 39 heavy (non-hydrogen) atoms. The molecule has 2 aliphatic rings. The molecule has 0 spiro atoms. The van der Waals surface area contributed by atoms with Crippen LogP contribution in [0.2, 0.25) is 0 Å². The lowest BCUT2D eigenvalue weighted by Crippen LogP contribution is -2.55. The van der Waals surface area contributed by atoms with E-state index in [-0.39, 0.29) is 12.1 Å². The van der Waals surface area contributed by atoms with Gasteiger partial charge >= 0.3 is 11.8 Å². The molecule has 2 atom stereocenters. The Morgan fingerprint density at radius 3 is 2.74 bits per heavy atom. The van der Waals surface area contributed by atoms with E-state index >= 15 is 0 Å². The number of nitrogens with two attached hydrogens (primary N) is 1. The highest BCUT2D eigenvalue weighted by molar-refractivity contribution is 5.95. The van der Waals surface area contributed by atoms with Crippen molar-refractivity contribution in [1.82, 2.24) is 20.2 Å². The molecule has 3 aromatic rings. The first-order valence-electron chi connectivity index (χ1n) is 12.8. The van der Waals surface area contributed by atoms with E-state index in [1.165, 1.54) is 0 Å². The number of pyridine rings is 1. The highest BCUT2D eigenvalue weighted by Gasteiger charge is 2.33. The number of hydrogen-bond acceptors (Lipinski definition) is 10. The van der Waals surface area contributed by atoms with Crippen LogP contribution < -0.4 is 27.0 Å². The van der Waals surface area contributed by atoms with Gasteiger partial charge in [-0.2, -0.15) is 0 Å². The maximum Gasteiger partial charge on any atom is 0.417 e. The fraction of sp³-hybridized carbons (Fsp3) is 0.407. The van der Waals surface area contributed by atoms with Gasteiger partial charge in [0.15, 0.2) is 11.2 Å². The van der Waals surface area contributed by atoms with Crippen LogP contribution in [0.5, 0.6) is 0 Å². The molecule has 0 saturated carbocycles. The number of nitrogens with one attached hydrogen (secondary N) is 3. The Morgan fingerprint density at radius 1 is 1.26 bits per heavy atom. The van der Waals surface area contributed by atoms with E-state index < -0.39 is 17.0 Å². The lowest BCUT2D eigenvalue weighted by molar-refractivity contribution is 0.0158. The van der Waals surface area contributed by atoms with Gasteiger partial charge in [0, 0.05) is 37.4 Å². The van der Waals surface area contributed by atoms with Crippen LogP contribution in [0.25, 0.3) is 11.1 Å². The van der Waals surface area contributed by atoms with Gasteiger partial charge in [-0.3, -0.25) is 10.7 Å². The molecule has 12 nitrogen and oxygen atoms in total. The van der Waals surface area contributed by atoms with E-state index in [0.717, 1.165) is 17.1 Å². The van der Waals surface area contributed by atoms with Crippen LogP contribution in [0, 0.1) is 0 Å². The largest absolute Gasteiger partial charge is 0.444 e. The van der Waals surface area contributed by atoms with E-state index in [1.807, 2.05) is 46.8 Å². The summed E-state index contributed by atoms with van der Waals surface area (Å²) in [4.78, 5) is 40.0. The van der Waals surface area contributed by atoms with Crippen LogP contribution >= 0.6 is 0 Å². The fourth-order valence-electron chi connectivity index (χ4n) is 4.67. The van der Waals surface area contributed by atoms with Gasteiger partial charge in [0.25, 0.3) is 0 Å². The van der Waals surface area contributed by atoms with Gasteiger partial charge in [-0.05, 0) is 64.5 Å². The number of anilines is 2. The molecule has 4 heterocycles. The second-order valence-electron chi connectivity index (χ2n) is 10.9. The van der Waals surface area contributed by atoms with Crippen LogP contribution in [0.15, 0.2) is 62.5 Å². The number of benzene rings is 1. The van der Waals surface area contributed by atoms with Gasteiger partial charge in [0.2, 0.25) is 5.96 Å². The molecule has 1 amide bonds. The zero-order valence-corrected chi connectivity index (χ0v) is 22.7. The van der Waals surface area contributed by atoms with Crippen LogP contribution in [0.1, 0.15) is 40.2 Å². The van der Waals surface area contributed by atoms with Crippen LogP contribution in [-0.2, 0) is 10.4 Å². The average Bonchev–Trinajstić information content (AvgIpc) is 3.25. The summed E-state index contributed by atoms with van der Waals surface area (Å²) in [5, 5.41) is 6.37. The Morgan fingerprint density at radius 2 is 2.05 bits per heavy atom. The van der Waals surface area contributed by atoms with Crippen LogP contribution in [0.3, 0.4) is 0 Å². The maximum atomic E-state index is 12.5. The Labute approximate surface area is 225 Å². The summed E-state index contributed by atoms with van der Waals surface area (Å²) in [5.74, 6) is 0.756. The molecule has 0 aliphatic carbocycles. The molecule has 2 unspecified atom stereocenters. The minimum atomic E-state index is -1.15. The van der Waals surface area contributed by atoms with Crippen molar-refractivity contribution in [3.05, 3.63) is 64.4 Å². The number of aromatic amines is 1.